The fourth-order valence-corrected chi connectivity index (χ4v) is 2.20. The van der Waals surface area contributed by atoms with Crippen molar-refractivity contribution in [3.63, 3.8) is 0 Å². The van der Waals surface area contributed by atoms with Gasteiger partial charge in [0, 0.05) is 4.47 Å². The molecule has 3 nitrogen and oxygen atoms in total. The summed E-state index contributed by atoms with van der Waals surface area (Å²) >= 11 is 6.89. The van der Waals surface area contributed by atoms with E-state index in [0.717, 1.165) is 26.0 Å². The Morgan fingerprint density at radius 2 is 1.94 bits per heavy atom. The monoisotopic (exact) mass is 343 g/mol. The minimum absolute atomic E-state index is 0.701. The van der Waals surface area contributed by atoms with Crippen LogP contribution in [0.2, 0.25) is 0 Å². The standard InChI is InChI=1S/C11H11Br2N3/c1-6-11(13)7(2)16(15-6)10-4-3-8(12)5-9(10)14/h3-5H,14H2,1-2H3. The van der Waals surface area contributed by atoms with E-state index in [1.807, 2.05) is 36.7 Å². The van der Waals surface area contributed by atoms with Gasteiger partial charge in [-0.15, -0.1) is 0 Å². The molecule has 5 heteroatoms. The van der Waals surface area contributed by atoms with Gasteiger partial charge in [0.2, 0.25) is 0 Å². The third kappa shape index (κ3) is 1.89. The second-order valence-corrected chi connectivity index (χ2v) is 5.31. The summed E-state index contributed by atoms with van der Waals surface area (Å²) < 4.78 is 3.84. The van der Waals surface area contributed by atoms with Crippen LogP contribution < -0.4 is 5.73 Å². The molecule has 0 amide bonds. The van der Waals surface area contributed by atoms with Crippen molar-refractivity contribution in [2.45, 2.75) is 13.8 Å². The first-order chi connectivity index (χ1) is 7.50. The van der Waals surface area contributed by atoms with Crippen molar-refractivity contribution in [1.82, 2.24) is 9.78 Å². The lowest BCUT2D eigenvalue weighted by Crippen LogP contribution is -2.03. The number of anilines is 1. The minimum atomic E-state index is 0.701. The maximum absolute atomic E-state index is 5.98. The maximum atomic E-state index is 5.98. The van der Waals surface area contributed by atoms with Gasteiger partial charge in [-0.3, -0.25) is 0 Å². The molecule has 2 N–H and O–H groups in total. The average molecular weight is 345 g/mol. The first-order valence-electron chi connectivity index (χ1n) is 4.78. The summed E-state index contributed by atoms with van der Waals surface area (Å²) in [5, 5.41) is 4.44. The van der Waals surface area contributed by atoms with E-state index in [1.165, 1.54) is 0 Å². The Bertz CT molecular complexity index is 546. The molecule has 16 heavy (non-hydrogen) atoms. The number of nitrogens with zero attached hydrogens (tertiary/aromatic N) is 2. The molecule has 0 aliphatic carbocycles. The van der Waals surface area contributed by atoms with E-state index in [4.69, 9.17) is 5.73 Å². The lowest BCUT2D eigenvalue weighted by Gasteiger charge is -2.08. The van der Waals surface area contributed by atoms with Crippen LogP contribution in [0, 0.1) is 13.8 Å². The van der Waals surface area contributed by atoms with Crippen LogP contribution in [0.25, 0.3) is 5.69 Å². The van der Waals surface area contributed by atoms with E-state index >= 15 is 0 Å². The van der Waals surface area contributed by atoms with Crippen LogP contribution in [0.15, 0.2) is 27.1 Å². The number of nitrogen functional groups attached to an aromatic ring is 1. The molecule has 0 radical (unpaired) electrons. The molecule has 0 saturated heterocycles. The summed E-state index contributed by atoms with van der Waals surface area (Å²) in [6.07, 6.45) is 0. The smallest absolute Gasteiger partial charge is 0.0879 e. The Hall–Kier alpha value is -0.810. The number of benzene rings is 1. The van der Waals surface area contributed by atoms with E-state index in [0.29, 0.717) is 5.69 Å². The lowest BCUT2D eigenvalue weighted by molar-refractivity contribution is 0.835. The van der Waals surface area contributed by atoms with Gasteiger partial charge in [-0.1, -0.05) is 15.9 Å². The van der Waals surface area contributed by atoms with Gasteiger partial charge in [0.25, 0.3) is 0 Å². The van der Waals surface area contributed by atoms with E-state index in [1.54, 1.807) is 0 Å². The highest BCUT2D eigenvalue weighted by atomic mass is 79.9. The average Bonchev–Trinajstić information content (AvgIpc) is 2.46. The number of hydrogen-bond donors (Lipinski definition) is 1. The second kappa shape index (κ2) is 4.22. The number of rotatable bonds is 1. The van der Waals surface area contributed by atoms with Crippen molar-refractivity contribution < 1.29 is 0 Å². The fraction of sp³-hybridized carbons (Fsp3) is 0.182. The minimum Gasteiger partial charge on any atom is -0.397 e. The number of hydrogen-bond acceptors (Lipinski definition) is 2. The van der Waals surface area contributed by atoms with Gasteiger partial charge in [0.15, 0.2) is 0 Å². The number of halogens is 2. The van der Waals surface area contributed by atoms with E-state index in [-0.39, 0.29) is 0 Å². The largest absolute Gasteiger partial charge is 0.397 e. The van der Waals surface area contributed by atoms with Gasteiger partial charge in [-0.25, -0.2) is 4.68 Å². The summed E-state index contributed by atoms with van der Waals surface area (Å²) in [7, 11) is 0. The fourth-order valence-electron chi connectivity index (χ4n) is 1.58. The highest BCUT2D eigenvalue weighted by Crippen LogP contribution is 2.27. The number of nitrogens with two attached hydrogens (primary N) is 1. The van der Waals surface area contributed by atoms with Crippen molar-refractivity contribution >= 4 is 37.5 Å². The highest BCUT2D eigenvalue weighted by molar-refractivity contribution is 9.10. The molecule has 1 heterocycles. The van der Waals surface area contributed by atoms with Crippen LogP contribution in [0.1, 0.15) is 11.4 Å². The van der Waals surface area contributed by atoms with Gasteiger partial charge in [0.1, 0.15) is 0 Å². The SMILES string of the molecule is Cc1nn(-c2ccc(Br)cc2N)c(C)c1Br. The molecule has 2 rings (SSSR count). The van der Waals surface area contributed by atoms with E-state index in [2.05, 4.69) is 37.0 Å². The molecule has 0 atom stereocenters. The Labute approximate surface area is 111 Å². The Kier molecular flexibility index (Phi) is 3.08. The van der Waals surface area contributed by atoms with Crippen LogP contribution in [-0.4, -0.2) is 9.78 Å². The zero-order chi connectivity index (χ0) is 11.9. The Balaban J connectivity index is 2.63. The van der Waals surface area contributed by atoms with Gasteiger partial charge < -0.3 is 5.73 Å². The maximum Gasteiger partial charge on any atom is 0.0879 e. The van der Waals surface area contributed by atoms with Crippen molar-refractivity contribution in [3.05, 3.63) is 38.5 Å². The molecule has 0 saturated carbocycles. The normalized spacial score (nSPS) is 10.8. The third-order valence-corrected chi connectivity index (χ3v) is 4.06. The first kappa shape index (κ1) is 11.7. The van der Waals surface area contributed by atoms with E-state index in [9.17, 15) is 0 Å². The van der Waals surface area contributed by atoms with Crippen LogP contribution in [0.4, 0.5) is 5.69 Å². The summed E-state index contributed by atoms with van der Waals surface area (Å²) in [5.74, 6) is 0. The lowest BCUT2D eigenvalue weighted by atomic mass is 10.2. The summed E-state index contributed by atoms with van der Waals surface area (Å²) in [4.78, 5) is 0. The van der Waals surface area contributed by atoms with Crippen LogP contribution in [-0.2, 0) is 0 Å². The van der Waals surface area contributed by atoms with Crippen molar-refractivity contribution in [2.24, 2.45) is 0 Å². The summed E-state index contributed by atoms with van der Waals surface area (Å²) in [5.41, 5.74) is 9.58. The van der Waals surface area contributed by atoms with Gasteiger partial charge in [-0.05, 0) is 48.0 Å². The molecule has 0 fully saturated rings. The first-order valence-corrected chi connectivity index (χ1v) is 6.36. The van der Waals surface area contributed by atoms with Crippen LogP contribution in [0.5, 0.6) is 0 Å². The zero-order valence-electron chi connectivity index (χ0n) is 8.96. The molecule has 0 aliphatic rings. The molecule has 2 aromatic rings. The van der Waals surface area contributed by atoms with Crippen LogP contribution >= 0.6 is 31.9 Å². The molecule has 0 bridgehead atoms. The highest BCUT2D eigenvalue weighted by Gasteiger charge is 2.12. The molecule has 0 spiro atoms. The van der Waals surface area contributed by atoms with Gasteiger partial charge in [-0.2, -0.15) is 5.10 Å². The van der Waals surface area contributed by atoms with Gasteiger partial charge in [0.05, 0.1) is 27.2 Å². The predicted octanol–water partition coefficient (Wildman–Crippen LogP) is 3.60. The Morgan fingerprint density at radius 1 is 1.25 bits per heavy atom. The van der Waals surface area contributed by atoms with Crippen molar-refractivity contribution in [1.29, 1.82) is 0 Å². The molecule has 1 aromatic carbocycles. The zero-order valence-corrected chi connectivity index (χ0v) is 12.1. The molecular formula is C11H11Br2N3. The molecule has 84 valence electrons. The second-order valence-electron chi connectivity index (χ2n) is 3.60. The molecule has 0 unspecified atom stereocenters. The van der Waals surface area contributed by atoms with Crippen molar-refractivity contribution in [3.8, 4) is 5.69 Å². The quantitative estimate of drug-likeness (QED) is 0.803. The predicted molar refractivity (Wildman–Crippen MR) is 72.9 cm³/mol. The molecule has 1 aromatic heterocycles. The van der Waals surface area contributed by atoms with Gasteiger partial charge >= 0.3 is 0 Å². The third-order valence-electron chi connectivity index (χ3n) is 2.42. The summed E-state index contributed by atoms with van der Waals surface area (Å²) in [6, 6.07) is 5.78. The summed E-state index contributed by atoms with van der Waals surface area (Å²) in [6.45, 7) is 3.97. The van der Waals surface area contributed by atoms with Crippen LogP contribution in [0.3, 0.4) is 0 Å². The van der Waals surface area contributed by atoms with E-state index < -0.39 is 0 Å². The number of aromatic nitrogens is 2. The molecular weight excluding hydrogens is 334 g/mol. The topological polar surface area (TPSA) is 43.8 Å². The molecule has 0 aliphatic heterocycles. The Morgan fingerprint density at radius 3 is 2.44 bits per heavy atom. The number of aryl methyl sites for hydroxylation is 1. The van der Waals surface area contributed by atoms with Crippen molar-refractivity contribution in [2.75, 3.05) is 5.73 Å².